The van der Waals surface area contributed by atoms with Crippen molar-refractivity contribution in [3.05, 3.63) is 72.3 Å². The average Bonchev–Trinajstić information content (AvgIpc) is 2.94. The van der Waals surface area contributed by atoms with Crippen LogP contribution in [-0.2, 0) is 20.8 Å². The van der Waals surface area contributed by atoms with Crippen LogP contribution in [0.5, 0.6) is 0 Å². The van der Waals surface area contributed by atoms with Crippen LogP contribution >= 0.6 is 0 Å². The van der Waals surface area contributed by atoms with Crippen molar-refractivity contribution in [2.24, 2.45) is 11.8 Å². The lowest BCUT2D eigenvalue weighted by Gasteiger charge is -2.16. The highest BCUT2D eigenvalue weighted by molar-refractivity contribution is 6.22. The standard InChI is InChI=1S/C22H20N2O3/c25-20(13-15-7-2-1-3-8-15)23-16-9-6-10-17(14-16)24-21(26)18-11-4-5-12-19(18)22(24)27/h1-10,14,18-19H,11-13H2,(H,23,25)/t18-,19+. The van der Waals surface area contributed by atoms with Gasteiger partial charge in [-0.3, -0.25) is 14.4 Å². The summed E-state index contributed by atoms with van der Waals surface area (Å²) in [4.78, 5) is 39.0. The summed E-state index contributed by atoms with van der Waals surface area (Å²) in [6.45, 7) is 0. The highest BCUT2D eigenvalue weighted by atomic mass is 16.2. The summed E-state index contributed by atoms with van der Waals surface area (Å²) >= 11 is 0. The van der Waals surface area contributed by atoms with Gasteiger partial charge in [0.1, 0.15) is 0 Å². The zero-order valence-electron chi connectivity index (χ0n) is 14.8. The second-order valence-corrected chi connectivity index (χ2v) is 6.93. The lowest BCUT2D eigenvalue weighted by molar-refractivity contribution is -0.122. The number of amides is 3. The fourth-order valence-electron chi connectivity index (χ4n) is 3.76. The average molecular weight is 360 g/mol. The number of allylic oxidation sites excluding steroid dienone is 2. The van der Waals surface area contributed by atoms with Crippen LogP contribution in [0.4, 0.5) is 11.4 Å². The van der Waals surface area contributed by atoms with Gasteiger partial charge in [-0.15, -0.1) is 0 Å². The minimum atomic E-state index is -0.265. The van der Waals surface area contributed by atoms with E-state index in [1.165, 1.54) is 4.90 Å². The highest BCUT2D eigenvalue weighted by Gasteiger charge is 2.47. The molecule has 1 heterocycles. The minimum absolute atomic E-state index is 0.143. The molecule has 4 rings (SSSR count). The predicted octanol–water partition coefficient (Wildman–Crippen LogP) is 3.32. The van der Waals surface area contributed by atoms with Crippen molar-refractivity contribution in [3.63, 3.8) is 0 Å². The first kappa shape index (κ1) is 17.2. The largest absolute Gasteiger partial charge is 0.326 e. The molecule has 1 saturated heterocycles. The maximum absolute atomic E-state index is 12.7. The second-order valence-electron chi connectivity index (χ2n) is 6.93. The Morgan fingerprint density at radius 2 is 1.59 bits per heavy atom. The zero-order chi connectivity index (χ0) is 18.8. The molecule has 2 aromatic carbocycles. The maximum atomic E-state index is 12.7. The first-order valence-corrected chi connectivity index (χ1v) is 9.10. The van der Waals surface area contributed by atoms with E-state index in [1.807, 2.05) is 42.5 Å². The Balaban J connectivity index is 1.50. The van der Waals surface area contributed by atoms with E-state index < -0.39 is 0 Å². The Hall–Kier alpha value is -3.21. The number of carbonyl (C=O) groups excluding carboxylic acids is 3. The third kappa shape index (κ3) is 3.40. The minimum Gasteiger partial charge on any atom is -0.326 e. The summed E-state index contributed by atoms with van der Waals surface area (Å²) in [6, 6.07) is 16.4. The van der Waals surface area contributed by atoms with Gasteiger partial charge in [-0.1, -0.05) is 48.6 Å². The van der Waals surface area contributed by atoms with Gasteiger partial charge in [0.2, 0.25) is 17.7 Å². The molecule has 5 heteroatoms. The van der Waals surface area contributed by atoms with Crippen molar-refractivity contribution in [2.45, 2.75) is 19.3 Å². The summed E-state index contributed by atoms with van der Waals surface area (Å²) in [7, 11) is 0. The van der Waals surface area contributed by atoms with Crippen LogP contribution in [0.15, 0.2) is 66.7 Å². The number of carbonyl (C=O) groups is 3. The number of imide groups is 1. The van der Waals surface area contributed by atoms with Crippen molar-refractivity contribution in [3.8, 4) is 0 Å². The summed E-state index contributed by atoms with van der Waals surface area (Å²) in [5.74, 6) is -0.975. The summed E-state index contributed by atoms with van der Waals surface area (Å²) in [5.41, 5.74) is 2.01. The third-order valence-electron chi connectivity index (χ3n) is 5.10. The monoisotopic (exact) mass is 360 g/mol. The molecule has 3 amide bonds. The number of nitrogens with zero attached hydrogens (tertiary/aromatic N) is 1. The van der Waals surface area contributed by atoms with E-state index in [9.17, 15) is 14.4 Å². The molecule has 1 N–H and O–H groups in total. The fraction of sp³-hybridized carbons (Fsp3) is 0.227. The van der Waals surface area contributed by atoms with Crippen LogP contribution in [0, 0.1) is 11.8 Å². The maximum Gasteiger partial charge on any atom is 0.238 e. The van der Waals surface area contributed by atoms with Gasteiger partial charge in [-0.2, -0.15) is 0 Å². The van der Waals surface area contributed by atoms with Crippen molar-refractivity contribution < 1.29 is 14.4 Å². The van der Waals surface area contributed by atoms with E-state index in [0.717, 1.165) is 5.56 Å². The Labute approximate surface area is 157 Å². The van der Waals surface area contributed by atoms with Crippen LogP contribution in [0.25, 0.3) is 0 Å². The molecule has 2 atom stereocenters. The van der Waals surface area contributed by atoms with E-state index >= 15 is 0 Å². The predicted molar refractivity (Wildman–Crippen MR) is 103 cm³/mol. The number of hydrogen-bond acceptors (Lipinski definition) is 3. The van der Waals surface area contributed by atoms with E-state index in [-0.39, 0.29) is 36.0 Å². The molecule has 1 aliphatic heterocycles. The SMILES string of the molecule is O=C(Cc1ccccc1)Nc1cccc(N2C(=O)[C@H]3CC=CC[C@H]3C2=O)c1. The topological polar surface area (TPSA) is 66.5 Å². The molecule has 0 spiro atoms. The van der Waals surface area contributed by atoms with Crippen LogP contribution in [0.3, 0.4) is 0 Å². The Bertz CT molecular complexity index is 894. The number of rotatable bonds is 4. The second kappa shape index (κ2) is 7.19. The highest BCUT2D eigenvalue weighted by Crippen LogP contribution is 2.38. The number of hydrogen-bond donors (Lipinski definition) is 1. The molecular formula is C22H20N2O3. The summed E-state index contributed by atoms with van der Waals surface area (Å²) in [5, 5.41) is 2.85. The van der Waals surface area contributed by atoms with E-state index in [1.54, 1.807) is 24.3 Å². The quantitative estimate of drug-likeness (QED) is 0.672. The molecule has 2 aliphatic rings. The van der Waals surface area contributed by atoms with Crippen molar-refractivity contribution in [1.29, 1.82) is 0 Å². The normalized spacial score (nSPS) is 21.3. The Morgan fingerprint density at radius 3 is 2.26 bits per heavy atom. The Kier molecular flexibility index (Phi) is 4.59. The number of nitrogens with one attached hydrogen (secondary N) is 1. The lowest BCUT2D eigenvalue weighted by atomic mass is 9.85. The third-order valence-corrected chi connectivity index (χ3v) is 5.10. The zero-order valence-corrected chi connectivity index (χ0v) is 14.8. The van der Waals surface area contributed by atoms with E-state index in [4.69, 9.17) is 0 Å². The first-order valence-electron chi connectivity index (χ1n) is 9.10. The summed E-state index contributed by atoms with van der Waals surface area (Å²) < 4.78 is 0. The molecule has 5 nitrogen and oxygen atoms in total. The van der Waals surface area contributed by atoms with Gasteiger partial charge in [-0.25, -0.2) is 4.90 Å². The van der Waals surface area contributed by atoms with Gasteiger partial charge in [-0.05, 0) is 36.6 Å². The van der Waals surface area contributed by atoms with Crippen LogP contribution in [0.1, 0.15) is 18.4 Å². The van der Waals surface area contributed by atoms with Crippen LogP contribution < -0.4 is 10.2 Å². The van der Waals surface area contributed by atoms with Gasteiger partial charge in [0, 0.05) is 5.69 Å². The Morgan fingerprint density at radius 1 is 0.926 bits per heavy atom. The molecule has 1 aliphatic carbocycles. The van der Waals surface area contributed by atoms with Gasteiger partial charge in [0.05, 0.1) is 23.9 Å². The molecule has 136 valence electrons. The van der Waals surface area contributed by atoms with Crippen LogP contribution in [0.2, 0.25) is 0 Å². The van der Waals surface area contributed by atoms with E-state index in [2.05, 4.69) is 5.32 Å². The first-order chi connectivity index (χ1) is 13.1. The van der Waals surface area contributed by atoms with Gasteiger partial charge >= 0.3 is 0 Å². The molecule has 0 unspecified atom stereocenters. The molecule has 0 saturated carbocycles. The van der Waals surface area contributed by atoms with Gasteiger partial charge < -0.3 is 5.32 Å². The smallest absolute Gasteiger partial charge is 0.238 e. The molecule has 0 radical (unpaired) electrons. The molecule has 2 aromatic rings. The van der Waals surface area contributed by atoms with Crippen LogP contribution in [-0.4, -0.2) is 17.7 Å². The fourth-order valence-corrected chi connectivity index (χ4v) is 3.76. The summed E-state index contributed by atoms with van der Waals surface area (Å²) in [6.07, 6.45) is 5.42. The van der Waals surface area contributed by atoms with Crippen molar-refractivity contribution >= 4 is 29.1 Å². The van der Waals surface area contributed by atoms with E-state index in [0.29, 0.717) is 24.2 Å². The molecule has 0 aromatic heterocycles. The van der Waals surface area contributed by atoms with Crippen molar-refractivity contribution in [1.82, 2.24) is 0 Å². The lowest BCUT2D eigenvalue weighted by Crippen LogP contribution is -2.31. The molecule has 1 fully saturated rings. The van der Waals surface area contributed by atoms with Crippen molar-refractivity contribution in [2.75, 3.05) is 10.2 Å². The molecular weight excluding hydrogens is 340 g/mol. The molecule has 27 heavy (non-hydrogen) atoms. The number of benzene rings is 2. The van der Waals surface area contributed by atoms with Gasteiger partial charge in [0.15, 0.2) is 0 Å². The number of fused-ring (bicyclic) bond motifs is 1. The number of anilines is 2. The molecule has 0 bridgehead atoms. The van der Waals surface area contributed by atoms with Gasteiger partial charge in [0.25, 0.3) is 0 Å².